The molecule has 166 valence electrons. The van der Waals surface area contributed by atoms with Crippen molar-refractivity contribution in [2.75, 3.05) is 13.2 Å². The monoisotopic (exact) mass is 433 g/mol. The Labute approximate surface area is 187 Å². The van der Waals surface area contributed by atoms with Crippen LogP contribution in [0.1, 0.15) is 43.0 Å². The van der Waals surface area contributed by atoms with Gasteiger partial charge >= 0.3 is 0 Å². The van der Waals surface area contributed by atoms with Gasteiger partial charge in [0, 0.05) is 18.5 Å². The van der Waals surface area contributed by atoms with Crippen LogP contribution in [0.25, 0.3) is 5.76 Å². The molecule has 2 atom stereocenters. The number of benzene rings is 2. The Bertz CT molecular complexity index is 1100. The summed E-state index contributed by atoms with van der Waals surface area (Å²) in [6, 6.07) is 11.9. The normalized spacial score (nSPS) is 21.4. The minimum absolute atomic E-state index is 0.0656. The Morgan fingerprint density at radius 2 is 2.09 bits per heavy atom. The lowest BCUT2D eigenvalue weighted by atomic mass is 9.94. The molecule has 2 unspecified atom stereocenters. The molecule has 32 heavy (non-hydrogen) atoms. The summed E-state index contributed by atoms with van der Waals surface area (Å²) in [4.78, 5) is 27.5. The van der Waals surface area contributed by atoms with Crippen molar-refractivity contribution in [1.29, 1.82) is 0 Å². The number of nitrogens with zero attached hydrogens (tertiary/aromatic N) is 1. The number of carbonyl (C=O) groups excluding carboxylic acids is 2. The van der Waals surface area contributed by atoms with Gasteiger partial charge in [0.2, 0.25) is 0 Å². The number of ether oxygens (including phenoxy) is 2. The summed E-state index contributed by atoms with van der Waals surface area (Å²) in [5, 5.41) is 11.2. The van der Waals surface area contributed by atoms with Gasteiger partial charge in [0.15, 0.2) is 0 Å². The van der Waals surface area contributed by atoms with E-state index in [-0.39, 0.29) is 17.4 Å². The molecule has 2 aliphatic rings. The van der Waals surface area contributed by atoms with Crippen molar-refractivity contribution in [3.63, 3.8) is 0 Å². The van der Waals surface area contributed by atoms with Crippen LogP contribution < -0.4 is 9.47 Å². The zero-order valence-electron chi connectivity index (χ0n) is 18.3. The molecule has 4 rings (SSSR count). The summed E-state index contributed by atoms with van der Waals surface area (Å²) < 4.78 is 11.4. The molecule has 1 N–H and O–H groups in total. The number of ketones is 1. The van der Waals surface area contributed by atoms with Gasteiger partial charge in [-0.1, -0.05) is 31.7 Å². The zero-order valence-corrected chi connectivity index (χ0v) is 18.3. The highest BCUT2D eigenvalue weighted by Gasteiger charge is 2.45. The van der Waals surface area contributed by atoms with Crippen LogP contribution in [0, 0.1) is 0 Å². The van der Waals surface area contributed by atoms with Crippen LogP contribution in [-0.2, 0) is 16.0 Å². The van der Waals surface area contributed by atoms with Crippen LogP contribution in [0.15, 0.2) is 60.7 Å². The van der Waals surface area contributed by atoms with Crippen LogP contribution in [-0.4, -0.2) is 41.0 Å². The molecule has 0 aromatic heterocycles. The summed E-state index contributed by atoms with van der Waals surface area (Å²) >= 11 is 0. The van der Waals surface area contributed by atoms with Crippen LogP contribution in [0.4, 0.5) is 0 Å². The Morgan fingerprint density at radius 3 is 2.84 bits per heavy atom. The molecule has 1 saturated heterocycles. The van der Waals surface area contributed by atoms with Crippen molar-refractivity contribution < 1.29 is 24.2 Å². The molecule has 6 nitrogen and oxygen atoms in total. The molecular formula is C26H27NO5. The lowest BCUT2D eigenvalue weighted by molar-refractivity contribution is -0.139. The van der Waals surface area contributed by atoms with E-state index in [2.05, 4.69) is 6.58 Å². The fourth-order valence-electron chi connectivity index (χ4n) is 4.35. The smallest absolute Gasteiger partial charge is 0.295 e. The van der Waals surface area contributed by atoms with Crippen molar-refractivity contribution in [2.45, 2.75) is 38.8 Å². The number of aliphatic hydroxyl groups is 1. The summed E-state index contributed by atoms with van der Waals surface area (Å²) in [6.07, 6.45) is 3.13. The summed E-state index contributed by atoms with van der Waals surface area (Å²) in [5.74, 6) is -0.0682. The number of carbonyl (C=O) groups is 2. The molecule has 0 saturated carbocycles. The number of amides is 1. The van der Waals surface area contributed by atoms with Crippen molar-refractivity contribution in [2.24, 2.45) is 0 Å². The van der Waals surface area contributed by atoms with E-state index < -0.39 is 17.7 Å². The van der Waals surface area contributed by atoms with Gasteiger partial charge in [-0.05, 0) is 54.8 Å². The molecule has 0 bridgehead atoms. The highest BCUT2D eigenvalue weighted by Crippen LogP contribution is 2.41. The first-order chi connectivity index (χ1) is 15.4. The number of fused-ring (bicyclic) bond motifs is 1. The third-order valence-electron chi connectivity index (χ3n) is 5.72. The fraction of sp³-hybridized carbons (Fsp3) is 0.308. The van der Waals surface area contributed by atoms with Crippen molar-refractivity contribution >= 4 is 17.4 Å². The van der Waals surface area contributed by atoms with Gasteiger partial charge in [-0.25, -0.2) is 0 Å². The molecule has 2 aromatic carbocycles. The van der Waals surface area contributed by atoms with E-state index in [0.29, 0.717) is 36.4 Å². The van der Waals surface area contributed by atoms with E-state index >= 15 is 0 Å². The molecule has 0 radical (unpaired) electrons. The van der Waals surface area contributed by atoms with Gasteiger partial charge in [0.25, 0.3) is 11.7 Å². The van der Waals surface area contributed by atoms with E-state index in [9.17, 15) is 14.7 Å². The van der Waals surface area contributed by atoms with Crippen LogP contribution in [0.2, 0.25) is 0 Å². The molecule has 2 aromatic rings. The quantitative estimate of drug-likeness (QED) is 0.303. The summed E-state index contributed by atoms with van der Waals surface area (Å²) in [6.45, 7) is 8.33. The van der Waals surface area contributed by atoms with E-state index in [1.807, 2.05) is 32.0 Å². The maximum Gasteiger partial charge on any atom is 0.295 e. The highest BCUT2D eigenvalue weighted by molar-refractivity contribution is 6.46. The average molecular weight is 434 g/mol. The fourth-order valence-corrected chi connectivity index (χ4v) is 4.35. The maximum atomic E-state index is 13.1. The Balaban J connectivity index is 1.81. The predicted octanol–water partition coefficient (Wildman–Crippen LogP) is 4.41. The van der Waals surface area contributed by atoms with Gasteiger partial charge in [-0.15, -0.1) is 0 Å². The molecule has 1 fully saturated rings. The molecule has 0 spiro atoms. The number of aliphatic hydroxyl groups excluding tert-OH is 1. The van der Waals surface area contributed by atoms with Crippen LogP contribution in [0.3, 0.4) is 0 Å². The van der Waals surface area contributed by atoms with Crippen molar-refractivity contribution in [3.05, 3.63) is 77.4 Å². The number of Topliss-reactive ketones (excluding diaryl/α,β-unsaturated/α-hetero) is 1. The van der Waals surface area contributed by atoms with Crippen molar-refractivity contribution in [3.8, 4) is 11.5 Å². The third kappa shape index (κ3) is 3.88. The number of hydrogen-bond acceptors (Lipinski definition) is 5. The summed E-state index contributed by atoms with van der Waals surface area (Å²) in [5.41, 5.74) is 2.27. The van der Waals surface area contributed by atoms with Gasteiger partial charge in [0.1, 0.15) is 30.0 Å². The Hall–Kier alpha value is -3.54. The second-order valence-corrected chi connectivity index (χ2v) is 8.12. The molecule has 6 heteroatoms. The molecule has 1 amide bonds. The van der Waals surface area contributed by atoms with E-state index in [1.54, 1.807) is 30.3 Å². The van der Waals surface area contributed by atoms with E-state index in [0.717, 1.165) is 17.7 Å². The summed E-state index contributed by atoms with van der Waals surface area (Å²) in [7, 11) is 0. The predicted molar refractivity (Wildman–Crippen MR) is 122 cm³/mol. The Morgan fingerprint density at radius 1 is 1.28 bits per heavy atom. The SMILES string of the molecule is C=CCOc1cccc(C2/C(=C(/O)c3ccc4c(c3)CC(C)O4)C(=O)C(=O)N2CCC)c1. The molecule has 2 heterocycles. The second kappa shape index (κ2) is 8.91. The lowest BCUT2D eigenvalue weighted by Crippen LogP contribution is -2.30. The zero-order chi connectivity index (χ0) is 22.8. The van der Waals surface area contributed by atoms with Crippen molar-refractivity contribution in [1.82, 2.24) is 4.90 Å². The minimum Gasteiger partial charge on any atom is -0.507 e. The van der Waals surface area contributed by atoms with Gasteiger partial charge in [-0.2, -0.15) is 0 Å². The molecule has 0 aliphatic carbocycles. The van der Waals surface area contributed by atoms with Crippen LogP contribution in [0.5, 0.6) is 11.5 Å². The maximum absolute atomic E-state index is 13.1. The second-order valence-electron chi connectivity index (χ2n) is 8.12. The largest absolute Gasteiger partial charge is 0.507 e. The van der Waals surface area contributed by atoms with Crippen LogP contribution >= 0.6 is 0 Å². The number of likely N-dealkylation sites (tertiary alicyclic amines) is 1. The highest BCUT2D eigenvalue weighted by atomic mass is 16.5. The average Bonchev–Trinajstić information content (AvgIpc) is 3.28. The number of hydrogen-bond donors (Lipinski definition) is 1. The first-order valence-corrected chi connectivity index (χ1v) is 10.9. The standard InChI is InChI=1S/C26H27NO5/c1-4-11-27-23(17-7-6-8-20(15-17)31-12-5-2)22(25(29)26(27)30)24(28)18-9-10-21-19(14-18)13-16(3)32-21/h5-10,14-16,23,28H,2,4,11-13H2,1,3H3/b24-22-. The third-order valence-corrected chi connectivity index (χ3v) is 5.72. The minimum atomic E-state index is -0.689. The van der Waals surface area contributed by atoms with Gasteiger partial charge in [-0.3, -0.25) is 9.59 Å². The molecule has 2 aliphatic heterocycles. The molecular weight excluding hydrogens is 406 g/mol. The lowest BCUT2D eigenvalue weighted by Gasteiger charge is -2.25. The Kier molecular flexibility index (Phi) is 6.04. The number of rotatable bonds is 7. The first kappa shape index (κ1) is 21.7. The first-order valence-electron chi connectivity index (χ1n) is 10.9. The van der Waals surface area contributed by atoms with Gasteiger partial charge in [0.05, 0.1) is 11.6 Å². The van der Waals surface area contributed by atoms with Gasteiger partial charge < -0.3 is 19.5 Å². The van der Waals surface area contributed by atoms with E-state index in [1.165, 1.54) is 4.90 Å². The topological polar surface area (TPSA) is 76.1 Å². The van der Waals surface area contributed by atoms with E-state index in [4.69, 9.17) is 9.47 Å².